The monoisotopic (exact) mass is 366 g/mol. The average molecular weight is 367 g/mol. The first-order chi connectivity index (χ1) is 11.6. The van der Waals surface area contributed by atoms with Crippen molar-refractivity contribution in [1.29, 1.82) is 0 Å². The van der Waals surface area contributed by atoms with Gasteiger partial charge in [0.05, 0.1) is 6.54 Å². The summed E-state index contributed by atoms with van der Waals surface area (Å²) in [6.07, 6.45) is 2.11. The number of fused-ring (bicyclic) bond motifs is 1. The number of amides is 3. The van der Waals surface area contributed by atoms with Gasteiger partial charge in [0.25, 0.3) is 0 Å². The number of carbonyl (C=O) groups excluding carboxylic acids is 2. The number of aryl methyl sites for hydroxylation is 1. The van der Waals surface area contributed by atoms with Gasteiger partial charge in [0, 0.05) is 18.8 Å². The highest BCUT2D eigenvalue weighted by molar-refractivity contribution is 5.92. The molecule has 2 fully saturated rings. The number of rotatable bonds is 3. The Kier molecular flexibility index (Phi) is 7.08. The van der Waals surface area contributed by atoms with Crippen molar-refractivity contribution in [3.05, 3.63) is 29.8 Å². The number of hydrogen-bond acceptors (Lipinski definition) is 3. The summed E-state index contributed by atoms with van der Waals surface area (Å²) in [5, 5.41) is 8.86. The minimum absolute atomic E-state index is 0. The fourth-order valence-corrected chi connectivity index (χ4v) is 3.63. The first kappa shape index (κ1) is 19.5. The minimum atomic E-state index is -0.343. The molecule has 0 saturated carbocycles. The van der Waals surface area contributed by atoms with Gasteiger partial charge in [-0.1, -0.05) is 12.1 Å². The first-order valence-electron chi connectivity index (χ1n) is 8.72. The molecule has 0 aliphatic carbocycles. The number of likely N-dealkylation sites (tertiary alicyclic amines) is 1. The molecule has 2 atom stereocenters. The molecule has 138 valence electrons. The van der Waals surface area contributed by atoms with E-state index in [1.165, 1.54) is 0 Å². The van der Waals surface area contributed by atoms with Crippen LogP contribution in [0.3, 0.4) is 0 Å². The largest absolute Gasteiger partial charge is 0.341 e. The van der Waals surface area contributed by atoms with Crippen LogP contribution in [0.4, 0.5) is 10.5 Å². The maximum absolute atomic E-state index is 12.3. The van der Waals surface area contributed by atoms with E-state index >= 15 is 0 Å². The molecule has 3 rings (SSSR count). The molecule has 6 nitrogen and oxygen atoms in total. The lowest BCUT2D eigenvalue weighted by molar-refractivity contribution is -0.130. The summed E-state index contributed by atoms with van der Waals surface area (Å²) in [4.78, 5) is 26.2. The van der Waals surface area contributed by atoms with Crippen molar-refractivity contribution in [2.75, 3.05) is 38.0 Å². The topological polar surface area (TPSA) is 73.5 Å². The molecule has 0 aromatic heterocycles. The Morgan fingerprint density at radius 3 is 2.52 bits per heavy atom. The highest BCUT2D eigenvalue weighted by Gasteiger charge is 2.31. The summed E-state index contributed by atoms with van der Waals surface area (Å²) in [6, 6.07) is 7.24. The molecule has 25 heavy (non-hydrogen) atoms. The van der Waals surface area contributed by atoms with E-state index in [-0.39, 0.29) is 30.9 Å². The molecule has 1 aromatic carbocycles. The van der Waals surface area contributed by atoms with E-state index in [0.717, 1.165) is 50.3 Å². The molecule has 7 heteroatoms. The molecular formula is C18H27ClN4O2. The van der Waals surface area contributed by atoms with Crippen LogP contribution in [0.2, 0.25) is 0 Å². The van der Waals surface area contributed by atoms with E-state index in [0.29, 0.717) is 11.8 Å². The van der Waals surface area contributed by atoms with Crippen LogP contribution in [-0.4, -0.2) is 49.6 Å². The van der Waals surface area contributed by atoms with Crippen molar-refractivity contribution in [2.45, 2.75) is 19.8 Å². The van der Waals surface area contributed by atoms with Crippen LogP contribution in [0.5, 0.6) is 0 Å². The van der Waals surface area contributed by atoms with Crippen molar-refractivity contribution in [3.8, 4) is 0 Å². The lowest BCUT2D eigenvalue weighted by Crippen LogP contribution is -2.42. The van der Waals surface area contributed by atoms with Crippen molar-refractivity contribution >= 4 is 30.0 Å². The third kappa shape index (κ3) is 5.34. The molecule has 0 spiro atoms. The Balaban J connectivity index is 0.00000225. The zero-order chi connectivity index (χ0) is 16.9. The Hall–Kier alpha value is -1.79. The lowest BCUT2D eigenvalue weighted by atomic mass is 9.92. The SMILES string of the molecule is Cc1cccc(NC(=O)NCC(=O)N2CC[C@@H]3CNC[C@@H]3CC2)c1.Cl. The molecule has 3 N–H and O–H groups in total. The van der Waals surface area contributed by atoms with E-state index in [2.05, 4.69) is 16.0 Å². The number of hydrogen-bond donors (Lipinski definition) is 3. The van der Waals surface area contributed by atoms with Gasteiger partial charge in [-0.15, -0.1) is 12.4 Å². The number of anilines is 1. The molecule has 2 aliphatic rings. The average Bonchev–Trinajstić information content (AvgIpc) is 2.91. The van der Waals surface area contributed by atoms with Gasteiger partial charge < -0.3 is 20.9 Å². The molecule has 1 aromatic rings. The smallest absolute Gasteiger partial charge is 0.319 e. The summed E-state index contributed by atoms with van der Waals surface area (Å²) in [5.41, 5.74) is 1.81. The Bertz CT molecular complexity index is 596. The number of carbonyl (C=O) groups is 2. The van der Waals surface area contributed by atoms with Gasteiger partial charge in [-0.05, 0) is 62.4 Å². The number of nitrogens with zero attached hydrogens (tertiary/aromatic N) is 1. The van der Waals surface area contributed by atoms with E-state index in [4.69, 9.17) is 0 Å². The fraction of sp³-hybridized carbons (Fsp3) is 0.556. The summed E-state index contributed by atoms with van der Waals surface area (Å²) in [6.45, 7) is 5.75. The van der Waals surface area contributed by atoms with Crippen molar-refractivity contribution < 1.29 is 9.59 Å². The highest BCUT2D eigenvalue weighted by Crippen LogP contribution is 2.26. The quantitative estimate of drug-likeness (QED) is 0.766. The number of urea groups is 1. The van der Waals surface area contributed by atoms with Crippen molar-refractivity contribution in [2.24, 2.45) is 11.8 Å². The maximum atomic E-state index is 12.3. The Labute approximate surface area is 155 Å². The fourth-order valence-electron chi connectivity index (χ4n) is 3.63. The minimum Gasteiger partial charge on any atom is -0.341 e. The molecular weight excluding hydrogens is 340 g/mol. The summed E-state index contributed by atoms with van der Waals surface area (Å²) in [5.74, 6) is 1.39. The molecule has 2 heterocycles. The van der Waals surface area contributed by atoms with E-state index in [1.54, 1.807) is 0 Å². The normalized spacial score (nSPS) is 22.4. The molecule has 0 radical (unpaired) electrons. The van der Waals surface area contributed by atoms with Gasteiger partial charge in [0.2, 0.25) is 5.91 Å². The zero-order valence-electron chi connectivity index (χ0n) is 14.6. The predicted molar refractivity (Wildman–Crippen MR) is 101 cm³/mol. The second-order valence-corrected chi connectivity index (χ2v) is 6.81. The molecule has 3 amide bonds. The number of halogens is 1. The number of benzene rings is 1. The standard InChI is InChI=1S/C18H26N4O2.ClH/c1-13-3-2-4-16(9-13)21-18(24)20-12-17(23)22-7-5-14-10-19-11-15(14)6-8-22;/h2-4,9,14-15,19H,5-8,10-12H2,1H3,(H2,20,21,24);1H/t14-,15+;. The van der Waals surface area contributed by atoms with Crippen LogP contribution < -0.4 is 16.0 Å². The first-order valence-corrected chi connectivity index (χ1v) is 8.72. The maximum Gasteiger partial charge on any atom is 0.319 e. The van der Waals surface area contributed by atoms with Gasteiger partial charge >= 0.3 is 6.03 Å². The van der Waals surface area contributed by atoms with Crippen LogP contribution in [0.25, 0.3) is 0 Å². The molecule has 2 saturated heterocycles. The van der Waals surface area contributed by atoms with Crippen molar-refractivity contribution in [3.63, 3.8) is 0 Å². The summed E-state index contributed by atoms with van der Waals surface area (Å²) in [7, 11) is 0. The van der Waals surface area contributed by atoms with Crippen molar-refractivity contribution in [1.82, 2.24) is 15.5 Å². The van der Waals surface area contributed by atoms with Gasteiger partial charge in [-0.25, -0.2) is 4.79 Å². The Morgan fingerprint density at radius 2 is 1.88 bits per heavy atom. The van der Waals surface area contributed by atoms with Gasteiger partial charge in [-0.3, -0.25) is 4.79 Å². The van der Waals surface area contributed by atoms with Crippen LogP contribution >= 0.6 is 12.4 Å². The summed E-state index contributed by atoms with van der Waals surface area (Å²) >= 11 is 0. The van der Waals surface area contributed by atoms with Gasteiger partial charge in [-0.2, -0.15) is 0 Å². The van der Waals surface area contributed by atoms with Crippen LogP contribution in [0.15, 0.2) is 24.3 Å². The molecule has 2 aliphatic heterocycles. The van der Waals surface area contributed by atoms with E-state index in [1.807, 2.05) is 36.1 Å². The lowest BCUT2D eigenvalue weighted by Gasteiger charge is -2.21. The van der Waals surface area contributed by atoms with Crippen LogP contribution in [-0.2, 0) is 4.79 Å². The van der Waals surface area contributed by atoms with Crippen LogP contribution in [0, 0.1) is 18.8 Å². The molecule has 0 bridgehead atoms. The second kappa shape index (κ2) is 9.06. The second-order valence-electron chi connectivity index (χ2n) is 6.81. The molecule has 0 unspecified atom stereocenters. The van der Waals surface area contributed by atoms with E-state index in [9.17, 15) is 9.59 Å². The third-order valence-electron chi connectivity index (χ3n) is 5.05. The van der Waals surface area contributed by atoms with E-state index < -0.39 is 0 Å². The predicted octanol–water partition coefficient (Wildman–Crippen LogP) is 2.00. The number of nitrogens with one attached hydrogen (secondary N) is 3. The summed E-state index contributed by atoms with van der Waals surface area (Å²) < 4.78 is 0. The Morgan fingerprint density at radius 1 is 1.20 bits per heavy atom. The third-order valence-corrected chi connectivity index (χ3v) is 5.05. The highest BCUT2D eigenvalue weighted by atomic mass is 35.5. The van der Waals surface area contributed by atoms with Gasteiger partial charge in [0.15, 0.2) is 0 Å². The zero-order valence-corrected chi connectivity index (χ0v) is 15.4. The van der Waals surface area contributed by atoms with Gasteiger partial charge in [0.1, 0.15) is 0 Å². The van der Waals surface area contributed by atoms with Crippen LogP contribution in [0.1, 0.15) is 18.4 Å².